The molecule has 0 bridgehead atoms. The average molecular weight is 231 g/mol. The summed E-state index contributed by atoms with van der Waals surface area (Å²) in [6.07, 6.45) is 4.03. The smallest absolute Gasteiger partial charge is 0.223 e. The number of aromatic nitrogens is 2. The van der Waals surface area contributed by atoms with Gasteiger partial charge in [0.05, 0.1) is 0 Å². The molecule has 2 rings (SSSR count). The molecule has 5 heteroatoms. The lowest BCUT2D eigenvalue weighted by molar-refractivity contribution is 0.226. The Morgan fingerprint density at radius 1 is 1.53 bits per heavy atom. The maximum absolute atomic E-state index is 8.73. The number of likely N-dealkylation sites (tertiary alicyclic amines) is 1. The number of nitrogens with one attached hydrogen (secondary N) is 1. The molecule has 1 N–H and O–H groups in total. The number of hydrogen-bond acceptors (Lipinski definition) is 5. The molecule has 1 aromatic heterocycles. The van der Waals surface area contributed by atoms with Crippen molar-refractivity contribution in [2.24, 2.45) is 5.92 Å². The Kier molecular flexibility index (Phi) is 3.89. The van der Waals surface area contributed by atoms with Crippen LogP contribution in [0.5, 0.6) is 0 Å². The van der Waals surface area contributed by atoms with E-state index in [-0.39, 0.29) is 0 Å². The lowest BCUT2D eigenvalue weighted by Crippen LogP contribution is -2.33. The fraction of sp³-hybridized carbons (Fsp3) is 0.583. The van der Waals surface area contributed by atoms with Gasteiger partial charge in [-0.25, -0.2) is 9.97 Å². The molecule has 0 amide bonds. The topological polar surface area (TPSA) is 64.8 Å². The minimum absolute atomic E-state index is 0.408. The third-order valence-electron chi connectivity index (χ3n) is 3.16. The van der Waals surface area contributed by atoms with Gasteiger partial charge in [-0.15, -0.1) is 0 Å². The Labute approximate surface area is 101 Å². The molecule has 17 heavy (non-hydrogen) atoms. The first kappa shape index (κ1) is 11.8. The second-order valence-corrected chi connectivity index (χ2v) is 4.50. The number of nitrogens with zero attached hydrogens (tertiary/aromatic N) is 4. The fourth-order valence-corrected chi connectivity index (χ4v) is 2.01. The molecule has 1 saturated heterocycles. The lowest BCUT2D eigenvalue weighted by atomic mass is 9.97. The molecule has 0 aliphatic carbocycles. The first-order valence-electron chi connectivity index (χ1n) is 5.93. The van der Waals surface area contributed by atoms with E-state index in [4.69, 9.17) is 5.26 Å². The summed E-state index contributed by atoms with van der Waals surface area (Å²) in [5, 5.41) is 11.9. The summed E-state index contributed by atoms with van der Waals surface area (Å²) in [5.41, 5.74) is 0.408. The number of piperidine rings is 1. The van der Waals surface area contributed by atoms with Gasteiger partial charge in [0.15, 0.2) is 0 Å². The van der Waals surface area contributed by atoms with Crippen LogP contribution in [-0.2, 0) is 0 Å². The van der Waals surface area contributed by atoms with E-state index in [1.165, 1.54) is 12.8 Å². The van der Waals surface area contributed by atoms with Gasteiger partial charge in [0, 0.05) is 12.7 Å². The second kappa shape index (κ2) is 5.60. The predicted octanol–water partition coefficient (Wildman–Crippen LogP) is 1.10. The molecule has 1 fully saturated rings. The Balaban J connectivity index is 1.83. The maximum Gasteiger partial charge on any atom is 0.223 e. The highest BCUT2D eigenvalue weighted by Gasteiger charge is 2.16. The highest BCUT2D eigenvalue weighted by Crippen LogP contribution is 2.16. The van der Waals surface area contributed by atoms with Gasteiger partial charge in [-0.05, 0) is 45.0 Å². The fourth-order valence-electron chi connectivity index (χ4n) is 2.01. The highest BCUT2D eigenvalue weighted by molar-refractivity contribution is 5.29. The van der Waals surface area contributed by atoms with Crippen molar-refractivity contribution in [1.82, 2.24) is 14.9 Å². The standard InChI is InChI=1S/C12H17N5/c1-17-6-3-10(4-7-17)9-15-12-14-5-2-11(8-13)16-12/h2,5,10H,3-4,6-7,9H2,1H3,(H,14,15,16). The van der Waals surface area contributed by atoms with Crippen LogP contribution in [0.15, 0.2) is 12.3 Å². The van der Waals surface area contributed by atoms with Gasteiger partial charge in [-0.3, -0.25) is 0 Å². The Hall–Kier alpha value is -1.67. The van der Waals surface area contributed by atoms with Gasteiger partial charge in [0.1, 0.15) is 11.8 Å². The van der Waals surface area contributed by atoms with Crippen molar-refractivity contribution >= 4 is 5.95 Å². The first-order valence-corrected chi connectivity index (χ1v) is 5.93. The van der Waals surface area contributed by atoms with Gasteiger partial charge in [-0.1, -0.05) is 0 Å². The second-order valence-electron chi connectivity index (χ2n) is 4.50. The monoisotopic (exact) mass is 231 g/mol. The molecule has 0 spiro atoms. The van der Waals surface area contributed by atoms with E-state index in [1.54, 1.807) is 12.3 Å². The van der Waals surface area contributed by atoms with Gasteiger partial charge >= 0.3 is 0 Å². The summed E-state index contributed by atoms with van der Waals surface area (Å²) < 4.78 is 0. The predicted molar refractivity (Wildman–Crippen MR) is 65.5 cm³/mol. The number of rotatable bonds is 3. The van der Waals surface area contributed by atoms with Crippen molar-refractivity contribution in [2.75, 3.05) is 32.0 Å². The van der Waals surface area contributed by atoms with E-state index in [0.29, 0.717) is 17.6 Å². The molecule has 0 atom stereocenters. The average Bonchev–Trinajstić information content (AvgIpc) is 2.38. The van der Waals surface area contributed by atoms with Crippen LogP contribution in [-0.4, -0.2) is 41.5 Å². The highest BCUT2D eigenvalue weighted by atomic mass is 15.1. The Morgan fingerprint density at radius 3 is 3.00 bits per heavy atom. The van der Waals surface area contributed by atoms with E-state index in [1.807, 2.05) is 6.07 Å². The molecular formula is C12H17N5. The zero-order chi connectivity index (χ0) is 12.1. The normalized spacial score (nSPS) is 17.6. The lowest BCUT2D eigenvalue weighted by Gasteiger charge is -2.28. The molecule has 2 heterocycles. The molecule has 1 aliphatic heterocycles. The maximum atomic E-state index is 8.73. The van der Waals surface area contributed by atoms with Gasteiger partial charge in [0.25, 0.3) is 0 Å². The van der Waals surface area contributed by atoms with Gasteiger partial charge in [-0.2, -0.15) is 5.26 Å². The Bertz CT molecular complexity index is 404. The van der Waals surface area contributed by atoms with E-state index >= 15 is 0 Å². The number of anilines is 1. The van der Waals surface area contributed by atoms with Crippen LogP contribution in [0.25, 0.3) is 0 Å². The van der Waals surface area contributed by atoms with E-state index in [2.05, 4.69) is 27.2 Å². The van der Waals surface area contributed by atoms with Crippen molar-refractivity contribution in [2.45, 2.75) is 12.8 Å². The molecule has 1 aliphatic rings. The van der Waals surface area contributed by atoms with Crippen LogP contribution in [0.2, 0.25) is 0 Å². The van der Waals surface area contributed by atoms with Crippen molar-refractivity contribution in [3.05, 3.63) is 18.0 Å². The van der Waals surface area contributed by atoms with Crippen LogP contribution in [0.1, 0.15) is 18.5 Å². The van der Waals surface area contributed by atoms with Crippen LogP contribution in [0, 0.1) is 17.2 Å². The van der Waals surface area contributed by atoms with Gasteiger partial charge in [0.2, 0.25) is 5.95 Å². The zero-order valence-electron chi connectivity index (χ0n) is 10.1. The van der Waals surface area contributed by atoms with Crippen LogP contribution in [0.4, 0.5) is 5.95 Å². The van der Waals surface area contributed by atoms with Gasteiger partial charge < -0.3 is 10.2 Å². The quantitative estimate of drug-likeness (QED) is 0.844. The van der Waals surface area contributed by atoms with E-state index in [9.17, 15) is 0 Å². The summed E-state index contributed by atoms with van der Waals surface area (Å²) in [6, 6.07) is 3.63. The molecule has 1 aromatic rings. The summed E-state index contributed by atoms with van der Waals surface area (Å²) in [7, 11) is 2.16. The minimum Gasteiger partial charge on any atom is -0.354 e. The first-order chi connectivity index (χ1) is 8.28. The summed E-state index contributed by atoms with van der Waals surface area (Å²) in [4.78, 5) is 10.6. The summed E-state index contributed by atoms with van der Waals surface area (Å²) in [5.74, 6) is 1.24. The minimum atomic E-state index is 0.408. The number of nitriles is 1. The van der Waals surface area contributed by atoms with Crippen molar-refractivity contribution in [3.8, 4) is 6.07 Å². The third-order valence-corrected chi connectivity index (χ3v) is 3.16. The largest absolute Gasteiger partial charge is 0.354 e. The molecular weight excluding hydrogens is 214 g/mol. The van der Waals surface area contributed by atoms with Crippen molar-refractivity contribution < 1.29 is 0 Å². The van der Waals surface area contributed by atoms with Crippen molar-refractivity contribution in [1.29, 1.82) is 5.26 Å². The molecule has 0 unspecified atom stereocenters. The van der Waals surface area contributed by atoms with Crippen LogP contribution in [0.3, 0.4) is 0 Å². The number of hydrogen-bond donors (Lipinski definition) is 1. The van der Waals surface area contributed by atoms with E-state index in [0.717, 1.165) is 19.6 Å². The Morgan fingerprint density at radius 2 is 2.29 bits per heavy atom. The SMILES string of the molecule is CN1CCC(CNc2nccc(C#N)n2)CC1. The van der Waals surface area contributed by atoms with E-state index < -0.39 is 0 Å². The third kappa shape index (κ3) is 3.40. The van der Waals surface area contributed by atoms with Crippen molar-refractivity contribution in [3.63, 3.8) is 0 Å². The van der Waals surface area contributed by atoms with Crippen LogP contribution < -0.4 is 5.32 Å². The molecule has 90 valence electrons. The summed E-state index contributed by atoms with van der Waals surface area (Å²) in [6.45, 7) is 3.21. The molecule has 0 aromatic carbocycles. The summed E-state index contributed by atoms with van der Waals surface area (Å²) >= 11 is 0. The zero-order valence-corrected chi connectivity index (χ0v) is 10.1. The van der Waals surface area contributed by atoms with Crippen LogP contribution >= 0.6 is 0 Å². The molecule has 5 nitrogen and oxygen atoms in total. The molecule has 0 radical (unpaired) electrons. The molecule has 0 saturated carbocycles.